The number of amides is 1. The van der Waals surface area contributed by atoms with Gasteiger partial charge in [-0.15, -0.1) is 10.2 Å². The molecule has 6 nitrogen and oxygen atoms in total. The number of ether oxygens (including phenoxy) is 1. The fraction of sp³-hybridized carbons (Fsp3) is 0.318. The highest BCUT2D eigenvalue weighted by Gasteiger charge is 2.18. The van der Waals surface area contributed by atoms with Crippen LogP contribution in [-0.4, -0.2) is 26.4 Å². The average Bonchev–Trinajstić information content (AvgIpc) is 3.05. The summed E-state index contributed by atoms with van der Waals surface area (Å²) >= 11 is 7.57. The van der Waals surface area contributed by atoms with Crippen molar-refractivity contribution in [3.8, 4) is 5.75 Å². The Balaban J connectivity index is 1.61. The molecule has 0 saturated heterocycles. The normalized spacial score (nSPS) is 11.9. The van der Waals surface area contributed by atoms with E-state index in [0.29, 0.717) is 11.0 Å². The molecule has 8 heteroatoms. The molecule has 2 aromatic carbocycles. The molecule has 3 aromatic rings. The average molecular weight is 445 g/mol. The summed E-state index contributed by atoms with van der Waals surface area (Å²) < 4.78 is 7.91. The number of nitrogens with one attached hydrogen (secondary N) is 1. The summed E-state index contributed by atoms with van der Waals surface area (Å²) in [6, 6.07) is 11.5. The first-order valence-electron chi connectivity index (χ1n) is 9.56. The van der Waals surface area contributed by atoms with Crippen molar-refractivity contribution in [1.82, 2.24) is 14.8 Å². The van der Waals surface area contributed by atoms with Crippen molar-refractivity contribution < 1.29 is 9.53 Å². The molecule has 30 heavy (non-hydrogen) atoms. The Morgan fingerprint density at radius 2 is 1.90 bits per heavy atom. The van der Waals surface area contributed by atoms with Crippen LogP contribution in [0.25, 0.3) is 0 Å². The van der Waals surface area contributed by atoms with Gasteiger partial charge in [-0.3, -0.25) is 4.79 Å². The summed E-state index contributed by atoms with van der Waals surface area (Å²) in [6.45, 7) is 7.81. The van der Waals surface area contributed by atoms with Gasteiger partial charge in [-0.05, 0) is 68.7 Å². The van der Waals surface area contributed by atoms with Crippen LogP contribution in [0.15, 0.2) is 41.6 Å². The molecular weight excluding hydrogens is 420 g/mol. The number of thioether (sulfide) groups is 1. The van der Waals surface area contributed by atoms with Crippen LogP contribution in [0.4, 0.5) is 5.69 Å². The number of aryl methyl sites for hydroxylation is 3. The summed E-state index contributed by atoms with van der Waals surface area (Å²) in [7, 11) is 1.87. The van der Waals surface area contributed by atoms with Gasteiger partial charge in [-0.25, -0.2) is 0 Å². The number of hydrogen-bond donors (Lipinski definition) is 1. The zero-order chi connectivity index (χ0) is 21.8. The maximum Gasteiger partial charge on any atom is 0.234 e. The molecule has 1 amide bonds. The fourth-order valence-electron chi connectivity index (χ4n) is 3.09. The van der Waals surface area contributed by atoms with Gasteiger partial charge >= 0.3 is 0 Å². The first-order chi connectivity index (χ1) is 14.2. The third-order valence-electron chi connectivity index (χ3n) is 4.59. The van der Waals surface area contributed by atoms with Crippen molar-refractivity contribution in [3.63, 3.8) is 0 Å². The van der Waals surface area contributed by atoms with Gasteiger partial charge in [-0.1, -0.05) is 35.5 Å². The second kappa shape index (κ2) is 9.53. The Kier molecular flexibility index (Phi) is 7.05. The van der Waals surface area contributed by atoms with Crippen LogP contribution in [0.2, 0.25) is 5.02 Å². The minimum Gasteiger partial charge on any atom is -0.483 e. The number of carbonyl (C=O) groups is 1. The molecule has 3 rings (SSSR count). The first-order valence-corrected chi connectivity index (χ1v) is 10.9. The number of hydrogen-bond acceptors (Lipinski definition) is 5. The molecule has 0 radical (unpaired) electrons. The zero-order valence-corrected chi connectivity index (χ0v) is 19.3. The Bertz CT molecular complexity index is 1040. The largest absolute Gasteiger partial charge is 0.483 e. The topological polar surface area (TPSA) is 69.0 Å². The number of carbonyl (C=O) groups excluding carboxylic acids is 1. The lowest BCUT2D eigenvalue weighted by Gasteiger charge is -2.16. The summed E-state index contributed by atoms with van der Waals surface area (Å²) in [6.07, 6.45) is -0.307. The summed E-state index contributed by atoms with van der Waals surface area (Å²) in [5.74, 6) is 1.56. The van der Waals surface area contributed by atoms with Crippen molar-refractivity contribution in [2.75, 3.05) is 11.1 Å². The Labute approximate surface area is 186 Å². The molecule has 0 fully saturated rings. The standard InChI is InChI=1S/C22H25ClN4O2S/c1-13-7-6-8-17(9-13)24-19(28)12-30-22-26-25-21(27(22)5)16(4)29-18-10-14(2)20(23)15(3)11-18/h6-11,16H,12H2,1-5H3,(H,24,28). The van der Waals surface area contributed by atoms with Crippen LogP contribution in [-0.2, 0) is 11.8 Å². The van der Waals surface area contributed by atoms with Gasteiger partial charge in [0, 0.05) is 17.8 Å². The van der Waals surface area contributed by atoms with Crippen LogP contribution in [0, 0.1) is 20.8 Å². The van der Waals surface area contributed by atoms with Crippen molar-refractivity contribution in [3.05, 3.63) is 63.9 Å². The van der Waals surface area contributed by atoms with Crippen LogP contribution in [0.5, 0.6) is 5.75 Å². The van der Waals surface area contributed by atoms with Gasteiger partial charge in [0.1, 0.15) is 5.75 Å². The molecule has 0 bridgehead atoms. The molecule has 1 atom stereocenters. The minimum atomic E-state index is -0.307. The number of aromatic nitrogens is 3. The van der Waals surface area contributed by atoms with E-state index in [4.69, 9.17) is 16.3 Å². The minimum absolute atomic E-state index is 0.0911. The number of halogens is 1. The van der Waals surface area contributed by atoms with Gasteiger partial charge in [0.2, 0.25) is 5.91 Å². The van der Waals surface area contributed by atoms with Gasteiger partial charge in [0.25, 0.3) is 0 Å². The maximum absolute atomic E-state index is 12.3. The van der Waals surface area contributed by atoms with Crippen LogP contribution < -0.4 is 10.1 Å². The quantitative estimate of drug-likeness (QED) is 0.503. The van der Waals surface area contributed by atoms with Crippen LogP contribution >= 0.6 is 23.4 Å². The molecule has 0 spiro atoms. The van der Waals surface area contributed by atoms with Crippen molar-refractivity contribution in [2.45, 2.75) is 39.0 Å². The Hall–Kier alpha value is -2.51. The molecule has 0 aliphatic carbocycles. The smallest absolute Gasteiger partial charge is 0.234 e. The van der Waals surface area contributed by atoms with E-state index in [1.165, 1.54) is 11.8 Å². The van der Waals surface area contributed by atoms with Gasteiger partial charge in [0.05, 0.1) is 5.75 Å². The SMILES string of the molecule is Cc1cccc(NC(=O)CSc2nnc(C(C)Oc3cc(C)c(Cl)c(C)c3)n2C)c1. The van der Waals surface area contributed by atoms with Crippen LogP contribution in [0.3, 0.4) is 0 Å². The highest BCUT2D eigenvalue weighted by molar-refractivity contribution is 7.99. The number of rotatable bonds is 7. The lowest BCUT2D eigenvalue weighted by molar-refractivity contribution is -0.113. The summed E-state index contributed by atoms with van der Waals surface area (Å²) in [4.78, 5) is 12.3. The van der Waals surface area contributed by atoms with E-state index >= 15 is 0 Å². The van der Waals surface area contributed by atoms with E-state index in [9.17, 15) is 4.79 Å². The number of nitrogens with zero attached hydrogens (tertiary/aromatic N) is 3. The van der Waals surface area contributed by atoms with Gasteiger partial charge < -0.3 is 14.6 Å². The van der Waals surface area contributed by atoms with E-state index < -0.39 is 0 Å². The number of benzene rings is 2. The maximum atomic E-state index is 12.3. The Morgan fingerprint density at radius 3 is 2.57 bits per heavy atom. The third kappa shape index (κ3) is 5.34. The first kappa shape index (κ1) is 22.2. The summed E-state index contributed by atoms with van der Waals surface area (Å²) in [5, 5.41) is 12.8. The van der Waals surface area contributed by atoms with Crippen molar-refractivity contribution in [2.24, 2.45) is 7.05 Å². The summed E-state index contributed by atoms with van der Waals surface area (Å²) in [5.41, 5.74) is 3.81. The second-order valence-electron chi connectivity index (χ2n) is 7.24. The van der Waals surface area contributed by atoms with Gasteiger partial charge in [-0.2, -0.15) is 0 Å². The van der Waals surface area contributed by atoms with Crippen LogP contribution in [0.1, 0.15) is 35.5 Å². The van der Waals surface area contributed by atoms with Gasteiger partial charge in [0.15, 0.2) is 17.1 Å². The molecule has 1 aromatic heterocycles. The van der Waals surface area contributed by atoms with Crippen molar-refractivity contribution in [1.29, 1.82) is 0 Å². The molecule has 1 heterocycles. The molecular formula is C22H25ClN4O2S. The lowest BCUT2D eigenvalue weighted by atomic mass is 10.1. The highest BCUT2D eigenvalue weighted by atomic mass is 35.5. The molecule has 1 N–H and O–H groups in total. The molecule has 0 aliphatic heterocycles. The molecule has 158 valence electrons. The predicted molar refractivity (Wildman–Crippen MR) is 122 cm³/mol. The monoisotopic (exact) mass is 444 g/mol. The highest BCUT2D eigenvalue weighted by Crippen LogP contribution is 2.29. The van der Waals surface area contributed by atoms with E-state index in [0.717, 1.165) is 33.1 Å². The fourth-order valence-corrected chi connectivity index (χ4v) is 3.91. The molecule has 0 saturated carbocycles. The van der Waals surface area contributed by atoms with Crippen molar-refractivity contribution >= 4 is 35.0 Å². The predicted octanol–water partition coefficient (Wildman–Crippen LogP) is 5.26. The Morgan fingerprint density at radius 1 is 1.20 bits per heavy atom. The van der Waals surface area contributed by atoms with E-state index in [1.54, 1.807) is 0 Å². The molecule has 1 unspecified atom stereocenters. The van der Waals surface area contributed by atoms with E-state index in [2.05, 4.69) is 15.5 Å². The second-order valence-corrected chi connectivity index (χ2v) is 8.56. The molecule has 0 aliphatic rings. The van der Waals surface area contributed by atoms with E-state index in [-0.39, 0.29) is 17.8 Å². The lowest BCUT2D eigenvalue weighted by Crippen LogP contribution is -2.15. The van der Waals surface area contributed by atoms with E-state index in [1.807, 2.05) is 75.7 Å². The third-order valence-corrected chi connectivity index (χ3v) is 6.21. The number of anilines is 1. The zero-order valence-electron chi connectivity index (χ0n) is 17.7.